The zero-order valence-electron chi connectivity index (χ0n) is 30.9. The normalized spacial score (nSPS) is 34.3. The number of ether oxygens (including phenoxy) is 6. The zero-order valence-corrected chi connectivity index (χ0v) is 30.9. The third kappa shape index (κ3) is 4.04. The lowest BCUT2D eigenvalue weighted by molar-refractivity contribution is -0.497. The van der Waals surface area contributed by atoms with Crippen LogP contribution in [0.5, 0.6) is 11.5 Å². The molecule has 1 aromatic heterocycles. The van der Waals surface area contributed by atoms with Crippen LogP contribution < -0.4 is 15.1 Å². The van der Waals surface area contributed by atoms with E-state index in [9.17, 15) is 34.1 Å². The molecule has 6 atom stereocenters. The third-order valence-corrected chi connectivity index (χ3v) is 13.9. The molecule has 15 heteroatoms. The molecule has 4 heterocycles. The van der Waals surface area contributed by atoms with Gasteiger partial charge in [0, 0.05) is 21.8 Å². The van der Waals surface area contributed by atoms with Gasteiger partial charge in [-0.1, -0.05) is 27.7 Å². The minimum Gasteiger partial charge on any atom is -0.496 e. The van der Waals surface area contributed by atoms with Crippen LogP contribution in [0.1, 0.15) is 104 Å². The van der Waals surface area contributed by atoms with E-state index >= 15 is 0 Å². The molecular weight excluding hydrogens is 682 g/mol. The third-order valence-electron chi connectivity index (χ3n) is 13.9. The standard InChI is InChI=1S/C37H43NO14/c1-17-18(16-38(44)45)26(39)47-23-21(17)19(46-10)15-20-22(23)24(48-29(42)36-13-11-34(8,27(40)51-36)32(36,4)5)25(31(2,3)50-20)49-30(43)37-14-12-35(9,28(41)52-37)33(37,6)7/h15,24-25H,11-14,16H2,1-10H3/t24-,25-,34?,35?,36?,37?/m1/s1. The number of nitro groups is 1. The van der Waals surface area contributed by atoms with Crippen molar-refractivity contribution in [1.82, 2.24) is 0 Å². The quantitative estimate of drug-likeness (QED) is 0.124. The molecule has 4 unspecified atom stereocenters. The number of carbonyl (C=O) groups excluding carboxylic acids is 4. The van der Waals surface area contributed by atoms with Crippen LogP contribution >= 0.6 is 0 Å². The number of methoxy groups -OCH3 is 1. The average molecular weight is 726 g/mol. The van der Waals surface area contributed by atoms with Gasteiger partial charge in [0.15, 0.2) is 17.8 Å². The van der Waals surface area contributed by atoms with Crippen LogP contribution in [0.3, 0.4) is 0 Å². The fourth-order valence-electron chi connectivity index (χ4n) is 9.38. The summed E-state index contributed by atoms with van der Waals surface area (Å²) in [7, 11) is 1.36. The van der Waals surface area contributed by atoms with E-state index in [0.29, 0.717) is 12.8 Å². The number of hydrogen-bond donors (Lipinski definition) is 0. The molecule has 5 aliphatic rings. The van der Waals surface area contributed by atoms with Crippen molar-refractivity contribution in [3.63, 3.8) is 0 Å². The predicted octanol–water partition coefficient (Wildman–Crippen LogP) is 4.80. The highest BCUT2D eigenvalue weighted by atomic mass is 16.7. The van der Waals surface area contributed by atoms with Crippen LogP contribution in [0.25, 0.3) is 11.0 Å². The second-order valence-corrected chi connectivity index (χ2v) is 16.9. The minimum absolute atomic E-state index is 0.00939. The van der Waals surface area contributed by atoms with Crippen LogP contribution in [0.4, 0.5) is 0 Å². The zero-order chi connectivity index (χ0) is 38.4. The number of carbonyl (C=O) groups is 4. The molecule has 0 spiro atoms. The first-order valence-electron chi connectivity index (χ1n) is 17.3. The number of nitrogens with zero attached hydrogens (tertiary/aromatic N) is 1. The highest BCUT2D eigenvalue weighted by Gasteiger charge is 2.78. The Labute approximate surface area is 298 Å². The lowest BCUT2D eigenvalue weighted by Gasteiger charge is -2.46. The van der Waals surface area contributed by atoms with Crippen molar-refractivity contribution < 1.29 is 56.9 Å². The Kier molecular flexibility index (Phi) is 7.19. The highest BCUT2D eigenvalue weighted by molar-refractivity contribution is 5.96. The van der Waals surface area contributed by atoms with Gasteiger partial charge in [-0.15, -0.1) is 0 Å². The Morgan fingerprint density at radius 2 is 1.37 bits per heavy atom. The SMILES string of the molecule is COc1cc2c(c3oc(=O)c(C[N+](=O)[O-])c(C)c13)[C@@H](OC(=O)C13CCC(C)(C(=O)O1)C3(C)C)[C@@H](OC(=O)C13CCC(C)(C(=O)O1)C3(C)C)C(C)(C)O2. The summed E-state index contributed by atoms with van der Waals surface area (Å²) in [6.45, 7) is 14.5. The molecule has 0 amide bonds. The fraction of sp³-hybridized carbons (Fsp3) is 0.649. The van der Waals surface area contributed by atoms with Crippen molar-refractivity contribution in [3.8, 4) is 11.5 Å². The van der Waals surface area contributed by atoms with E-state index in [0.717, 1.165) is 0 Å². The van der Waals surface area contributed by atoms with Gasteiger partial charge in [-0.05, 0) is 65.9 Å². The Bertz CT molecular complexity index is 2080. The van der Waals surface area contributed by atoms with E-state index in [1.807, 2.05) is 0 Å². The van der Waals surface area contributed by atoms with Gasteiger partial charge in [0.2, 0.25) is 17.7 Å². The second-order valence-electron chi connectivity index (χ2n) is 16.9. The van der Waals surface area contributed by atoms with E-state index in [1.165, 1.54) is 20.1 Å². The number of esters is 4. The molecule has 2 saturated heterocycles. The Hall–Kier alpha value is -4.69. The average Bonchev–Trinajstić information content (AvgIpc) is 3.51. The number of hydrogen-bond acceptors (Lipinski definition) is 14. The number of rotatable bonds is 7. The van der Waals surface area contributed by atoms with Gasteiger partial charge in [0.05, 0.1) is 28.9 Å². The summed E-state index contributed by atoms with van der Waals surface area (Å²) in [5.41, 5.74) is -9.98. The lowest BCUT2D eigenvalue weighted by atomic mass is 9.66. The number of benzene rings is 1. The molecule has 15 nitrogen and oxygen atoms in total. The monoisotopic (exact) mass is 725 g/mol. The molecule has 280 valence electrons. The molecular formula is C37H43NO14. The summed E-state index contributed by atoms with van der Waals surface area (Å²) >= 11 is 0. The molecule has 3 aliphatic heterocycles. The molecule has 0 radical (unpaired) electrons. The number of fused-ring (bicyclic) bond motifs is 7. The summed E-state index contributed by atoms with van der Waals surface area (Å²) < 4.78 is 42.3. The van der Waals surface area contributed by atoms with Crippen LogP contribution in [0.15, 0.2) is 15.3 Å². The summed E-state index contributed by atoms with van der Waals surface area (Å²) in [5, 5.41) is 11.7. The molecule has 2 aromatic rings. The largest absolute Gasteiger partial charge is 0.496 e. The van der Waals surface area contributed by atoms with Gasteiger partial charge in [-0.2, -0.15) is 0 Å². The smallest absolute Gasteiger partial charge is 0.351 e. The van der Waals surface area contributed by atoms with Crippen LogP contribution in [0, 0.1) is 38.7 Å². The maximum atomic E-state index is 14.6. The maximum Gasteiger partial charge on any atom is 0.351 e. The van der Waals surface area contributed by atoms with Gasteiger partial charge >= 0.3 is 29.5 Å². The minimum atomic E-state index is -1.71. The molecule has 0 N–H and O–H groups in total. The first kappa shape index (κ1) is 35.7. The number of aryl methyl sites for hydroxylation is 1. The van der Waals surface area contributed by atoms with Crippen LogP contribution in [0.2, 0.25) is 0 Å². The lowest BCUT2D eigenvalue weighted by Crippen LogP contribution is -2.57. The maximum absolute atomic E-state index is 14.6. The molecule has 7 rings (SSSR count). The molecule has 2 aliphatic carbocycles. The molecule has 2 saturated carbocycles. The van der Waals surface area contributed by atoms with E-state index in [1.54, 1.807) is 55.4 Å². The van der Waals surface area contributed by atoms with Crippen LogP contribution in [-0.4, -0.2) is 58.8 Å². The Morgan fingerprint density at radius 3 is 1.81 bits per heavy atom. The van der Waals surface area contributed by atoms with Gasteiger partial charge in [0.25, 0.3) is 0 Å². The topological polar surface area (TPSA) is 197 Å². The summed E-state index contributed by atoms with van der Waals surface area (Å²) in [5.74, 6) is -2.64. The van der Waals surface area contributed by atoms with Gasteiger partial charge in [-0.25, -0.2) is 14.4 Å². The van der Waals surface area contributed by atoms with Crippen molar-refractivity contribution in [3.05, 3.63) is 43.3 Å². The fourth-order valence-corrected chi connectivity index (χ4v) is 9.38. The molecule has 4 fully saturated rings. The Morgan fingerprint density at radius 1 is 0.846 bits per heavy atom. The summed E-state index contributed by atoms with van der Waals surface area (Å²) in [6.07, 6.45) is -1.93. The van der Waals surface area contributed by atoms with Crippen molar-refractivity contribution in [1.29, 1.82) is 0 Å². The van der Waals surface area contributed by atoms with Crippen molar-refractivity contribution in [2.75, 3.05) is 7.11 Å². The molecule has 52 heavy (non-hydrogen) atoms. The van der Waals surface area contributed by atoms with Gasteiger partial charge in [0.1, 0.15) is 22.7 Å². The first-order valence-corrected chi connectivity index (χ1v) is 17.3. The first-order chi connectivity index (χ1) is 24.0. The van der Waals surface area contributed by atoms with Gasteiger partial charge in [-0.3, -0.25) is 19.7 Å². The molecule has 4 bridgehead atoms. The van der Waals surface area contributed by atoms with Crippen LogP contribution in [-0.2, 0) is 44.7 Å². The Balaban J connectivity index is 1.43. The van der Waals surface area contributed by atoms with Crippen molar-refractivity contribution in [2.24, 2.45) is 21.7 Å². The predicted molar refractivity (Wildman–Crippen MR) is 178 cm³/mol. The van der Waals surface area contributed by atoms with Crippen molar-refractivity contribution >= 4 is 34.8 Å². The highest BCUT2D eigenvalue weighted by Crippen LogP contribution is 2.68. The van der Waals surface area contributed by atoms with Crippen molar-refractivity contribution in [2.45, 2.75) is 124 Å². The summed E-state index contributed by atoms with van der Waals surface area (Å²) in [4.78, 5) is 79.7. The van der Waals surface area contributed by atoms with E-state index in [-0.39, 0.29) is 52.0 Å². The van der Waals surface area contributed by atoms with E-state index in [4.69, 9.17) is 32.8 Å². The van der Waals surface area contributed by atoms with Gasteiger partial charge < -0.3 is 32.8 Å². The second kappa shape index (κ2) is 10.5. The molecule has 1 aromatic carbocycles. The van der Waals surface area contributed by atoms with E-state index < -0.39 is 91.6 Å². The van der Waals surface area contributed by atoms with E-state index in [2.05, 4.69) is 0 Å². The summed E-state index contributed by atoms with van der Waals surface area (Å²) in [6, 6.07) is 1.48.